The second-order valence-corrected chi connectivity index (χ2v) is 3.77. The van der Waals surface area contributed by atoms with Crippen molar-refractivity contribution in [3.05, 3.63) is 71.0 Å². The molecule has 0 spiro atoms. The summed E-state index contributed by atoms with van der Waals surface area (Å²) >= 11 is 0. The number of benzene rings is 2. The van der Waals surface area contributed by atoms with Crippen molar-refractivity contribution in [2.24, 2.45) is 0 Å². The smallest absolute Gasteiger partial charge is 0.207 e. The third-order valence-electron chi connectivity index (χ3n) is 2.69. The summed E-state index contributed by atoms with van der Waals surface area (Å²) in [5, 5.41) is 4.87. The van der Waals surface area contributed by atoms with Gasteiger partial charge in [-0.15, -0.1) is 0 Å². The molecule has 0 fully saturated rings. The standard InChI is InChI=1S/C14H10N2O/c17-14-10-15-16(11-6-2-1-3-7-11)13-9-5-4-8-12(13)14/h1-10H. The van der Waals surface area contributed by atoms with Gasteiger partial charge in [-0.1, -0.05) is 30.3 Å². The van der Waals surface area contributed by atoms with Crippen molar-refractivity contribution in [3.8, 4) is 5.69 Å². The van der Waals surface area contributed by atoms with E-state index in [0.29, 0.717) is 5.39 Å². The fraction of sp³-hybridized carbons (Fsp3) is 0. The van der Waals surface area contributed by atoms with Crippen LogP contribution in [-0.2, 0) is 0 Å². The van der Waals surface area contributed by atoms with Gasteiger partial charge in [0, 0.05) is 5.39 Å². The Kier molecular flexibility index (Phi) is 2.22. The number of fused-ring (bicyclic) bond motifs is 1. The number of hydrogen-bond donors (Lipinski definition) is 0. The Hall–Kier alpha value is -2.42. The summed E-state index contributed by atoms with van der Waals surface area (Å²) in [6.07, 6.45) is 1.36. The van der Waals surface area contributed by atoms with Crippen LogP contribution in [-0.4, -0.2) is 9.78 Å². The van der Waals surface area contributed by atoms with Gasteiger partial charge in [-0.3, -0.25) is 4.79 Å². The second kappa shape index (κ2) is 3.87. The number of rotatable bonds is 1. The first-order valence-electron chi connectivity index (χ1n) is 5.39. The van der Waals surface area contributed by atoms with E-state index in [0.717, 1.165) is 11.2 Å². The molecule has 0 N–H and O–H groups in total. The molecule has 0 aliphatic carbocycles. The van der Waals surface area contributed by atoms with E-state index in [1.807, 2.05) is 54.6 Å². The highest BCUT2D eigenvalue weighted by atomic mass is 16.1. The molecular weight excluding hydrogens is 212 g/mol. The maximum Gasteiger partial charge on any atom is 0.207 e. The number of nitrogens with zero attached hydrogens (tertiary/aromatic N) is 2. The van der Waals surface area contributed by atoms with Gasteiger partial charge in [0.1, 0.15) is 0 Å². The summed E-state index contributed by atoms with van der Waals surface area (Å²) in [5.74, 6) is 0. The quantitative estimate of drug-likeness (QED) is 0.633. The van der Waals surface area contributed by atoms with E-state index < -0.39 is 0 Å². The first-order chi connectivity index (χ1) is 8.36. The van der Waals surface area contributed by atoms with Crippen LogP contribution in [0.3, 0.4) is 0 Å². The fourth-order valence-corrected chi connectivity index (χ4v) is 1.88. The summed E-state index contributed by atoms with van der Waals surface area (Å²) < 4.78 is 1.77. The number of para-hydroxylation sites is 2. The van der Waals surface area contributed by atoms with E-state index in [2.05, 4.69) is 5.10 Å². The van der Waals surface area contributed by atoms with Crippen LogP contribution in [0.15, 0.2) is 65.6 Å². The van der Waals surface area contributed by atoms with Gasteiger partial charge in [-0.2, -0.15) is 5.10 Å². The van der Waals surface area contributed by atoms with Crippen molar-refractivity contribution >= 4 is 10.9 Å². The zero-order chi connectivity index (χ0) is 11.7. The first kappa shape index (κ1) is 9.78. The van der Waals surface area contributed by atoms with Crippen LogP contribution in [0.2, 0.25) is 0 Å². The number of aromatic nitrogens is 2. The Morgan fingerprint density at radius 1 is 0.882 bits per heavy atom. The Balaban J connectivity index is 2.39. The molecule has 0 radical (unpaired) electrons. The molecule has 0 aliphatic heterocycles. The van der Waals surface area contributed by atoms with E-state index >= 15 is 0 Å². The molecule has 3 nitrogen and oxygen atoms in total. The van der Waals surface area contributed by atoms with Gasteiger partial charge in [0.25, 0.3) is 0 Å². The Morgan fingerprint density at radius 3 is 2.41 bits per heavy atom. The van der Waals surface area contributed by atoms with Crippen molar-refractivity contribution in [1.82, 2.24) is 9.78 Å². The molecule has 82 valence electrons. The summed E-state index contributed by atoms with van der Waals surface area (Å²) in [5.41, 5.74) is 1.72. The van der Waals surface area contributed by atoms with Crippen LogP contribution >= 0.6 is 0 Å². The molecule has 3 rings (SSSR count). The average molecular weight is 222 g/mol. The minimum Gasteiger partial charge on any atom is -0.287 e. The predicted molar refractivity (Wildman–Crippen MR) is 67.3 cm³/mol. The highest BCUT2D eigenvalue weighted by Crippen LogP contribution is 2.13. The lowest BCUT2D eigenvalue weighted by atomic mass is 10.2. The van der Waals surface area contributed by atoms with Gasteiger partial charge in [-0.25, -0.2) is 4.68 Å². The lowest BCUT2D eigenvalue weighted by Crippen LogP contribution is -2.10. The summed E-state index contributed by atoms with van der Waals surface area (Å²) in [4.78, 5) is 11.7. The molecule has 0 saturated heterocycles. The molecule has 1 aromatic heterocycles. The summed E-state index contributed by atoms with van der Waals surface area (Å²) in [7, 11) is 0. The summed E-state index contributed by atoms with van der Waals surface area (Å²) in [6.45, 7) is 0. The van der Waals surface area contributed by atoms with Gasteiger partial charge in [0.15, 0.2) is 0 Å². The molecule has 3 heteroatoms. The van der Waals surface area contributed by atoms with E-state index in [4.69, 9.17) is 0 Å². The van der Waals surface area contributed by atoms with Crippen LogP contribution in [0.5, 0.6) is 0 Å². The zero-order valence-corrected chi connectivity index (χ0v) is 9.08. The van der Waals surface area contributed by atoms with E-state index in [9.17, 15) is 4.79 Å². The topological polar surface area (TPSA) is 34.9 Å². The highest BCUT2D eigenvalue weighted by Gasteiger charge is 2.03. The fourth-order valence-electron chi connectivity index (χ4n) is 1.88. The molecule has 0 unspecified atom stereocenters. The monoisotopic (exact) mass is 222 g/mol. The van der Waals surface area contributed by atoms with Crippen LogP contribution in [0.4, 0.5) is 0 Å². The molecule has 0 amide bonds. The van der Waals surface area contributed by atoms with Gasteiger partial charge >= 0.3 is 0 Å². The van der Waals surface area contributed by atoms with Crippen LogP contribution < -0.4 is 5.43 Å². The van der Waals surface area contributed by atoms with Gasteiger partial charge in [0.2, 0.25) is 5.43 Å². The summed E-state index contributed by atoms with van der Waals surface area (Å²) in [6, 6.07) is 17.3. The Bertz CT molecular complexity index is 717. The Labute approximate surface area is 97.9 Å². The van der Waals surface area contributed by atoms with Crippen molar-refractivity contribution in [1.29, 1.82) is 0 Å². The molecule has 3 aromatic rings. The zero-order valence-electron chi connectivity index (χ0n) is 9.08. The van der Waals surface area contributed by atoms with Crippen molar-refractivity contribution < 1.29 is 0 Å². The van der Waals surface area contributed by atoms with Gasteiger partial charge < -0.3 is 0 Å². The first-order valence-corrected chi connectivity index (χ1v) is 5.39. The lowest BCUT2D eigenvalue weighted by Gasteiger charge is -2.08. The molecule has 0 atom stereocenters. The van der Waals surface area contributed by atoms with Crippen LogP contribution in [0, 0.1) is 0 Å². The second-order valence-electron chi connectivity index (χ2n) is 3.77. The minimum absolute atomic E-state index is 0.0484. The predicted octanol–water partition coefficient (Wildman–Crippen LogP) is 2.39. The largest absolute Gasteiger partial charge is 0.287 e. The van der Waals surface area contributed by atoms with Crippen molar-refractivity contribution in [2.75, 3.05) is 0 Å². The molecule has 0 aliphatic rings. The maximum absolute atomic E-state index is 11.7. The van der Waals surface area contributed by atoms with Crippen molar-refractivity contribution in [3.63, 3.8) is 0 Å². The molecule has 1 heterocycles. The van der Waals surface area contributed by atoms with Crippen molar-refractivity contribution in [2.45, 2.75) is 0 Å². The third kappa shape index (κ3) is 1.61. The molecular formula is C14H10N2O. The van der Waals surface area contributed by atoms with E-state index in [1.54, 1.807) is 4.68 Å². The Morgan fingerprint density at radius 2 is 1.59 bits per heavy atom. The highest BCUT2D eigenvalue weighted by molar-refractivity contribution is 5.79. The molecule has 2 aromatic carbocycles. The maximum atomic E-state index is 11.7. The number of hydrogen-bond acceptors (Lipinski definition) is 2. The van der Waals surface area contributed by atoms with Crippen LogP contribution in [0.25, 0.3) is 16.6 Å². The molecule has 17 heavy (non-hydrogen) atoms. The third-order valence-corrected chi connectivity index (χ3v) is 2.69. The van der Waals surface area contributed by atoms with E-state index in [1.165, 1.54) is 6.20 Å². The molecule has 0 bridgehead atoms. The minimum atomic E-state index is -0.0484. The normalized spacial score (nSPS) is 10.6. The SMILES string of the molecule is O=c1cnn(-c2ccccc2)c2ccccc12. The lowest BCUT2D eigenvalue weighted by molar-refractivity contribution is 0.879. The molecule has 0 saturated carbocycles. The average Bonchev–Trinajstić information content (AvgIpc) is 2.41. The van der Waals surface area contributed by atoms with E-state index in [-0.39, 0.29) is 5.43 Å². The van der Waals surface area contributed by atoms with Crippen LogP contribution in [0.1, 0.15) is 0 Å². The van der Waals surface area contributed by atoms with Gasteiger partial charge in [-0.05, 0) is 24.3 Å². The van der Waals surface area contributed by atoms with Gasteiger partial charge in [0.05, 0.1) is 17.4 Å².